The molecule has 0 aromatic heterocycles. The lowest BCUT2D eigenvalue weighted by Crippen LogP contribution is -2.21. The van der Waals surface area contributed by atoms with Gasteiger partial charge in [-0.15, -0.1) is 9.24 Å². The third-order valence-electron chi connectivity index (χ3n) is 1.48. The molecule has 0 bridgehead atoms. The number of ether oxygens (including phenoxy) is 1. The van der Waals surface area contributed by atoms with Crippen LogP contribution in [-0.2, 0) is 4.74 Å². The summed E-state index contributed by atoms with van der Waals surface area (Å²) in [6.07, 6.45) is 0.899. The van der Waals surface area contributed by atoms with Crippen molar-refractivity contribution in [1.29, 1.82) is 0 Å². The second-order valence-electron chi connectivity index (χ2n) is 2.25. The zero-order valence-corrected chi connectivity index (χ0v) is 6.31. The molecule has 2 nitrogen and oxygen atoms in total. The number of aliphatic hydroxyl groups excluding tert-OH is 1. The van der Waals surface area contributed by atoms with Gasteiger partial charge in [0, 0.05) is 6.00 Å². The smallest absolute Gasteiger partial charge is 0.109 e. The Bertz CT molecular complexity index is 101. The zero-order valence-electron chi connectivity index (χ0n) is 5.16. The Balaban J connectivity index is 2.38. The second-order valence-corrected chi connectivity index (χ2v) is 2.72. The van der Waals surface area contributed by atoms with E-state index in [1.54, 1.807) is 0 Å². The summed E-state index contributed by atoms with van der Waals surface area (Å²) in [4.78, 5) is 0. The molecular weight excluding hydrogens is 134 g/mol. The molecule has 9 heavy (non-hydrogen) atoms. The monoisotopic (exact) mass is 144 g/mol. The Kier molecular flexibility index (Phi) is 2.51. The topological polar surface area (TPSA) is 29.5 Å². The Labute approximate surface area is 58.6 Å². The van der Waals surface area contributed by atoms with E-state index in [0.717, 1.165) is 6.16 Å². The van der Waals surface area contributed by atoms with Crippen LogP contribution in [0.2, 0.25) is 0 Å². The number of rotatable bonds is 1. The Morgan fingerprint density at radius 3 is 2.67 bits per heavy atom. The minimum atomic E-state index is -0.363. The van der Waals surface area contributed by atoms with Gasteiger partial charge in [-0.3, -0.25) is 0 Å². The van der Waals surface area contributed by atoms with Gasteiger partial charge in [-0.1, -0.05) is 0 Å². The molecule has 4 atom stereocenters. The summed E-state index contributed by atoms with van der Waals surface area (Å²) in [5.74, 6) is 0. The minimum Gasteiger partial charge on any atom is -0.390 e. The molecule has 50 valence electrons. The van der Waals surface area contributed by atoms with Gasteiger partial charge in [0.05, 0.1) is 12.2 Å². The van der Waals surface area contributed by atoms with E-state index in [2.05, 4.69) is 9.24 Å². The third kappa shape index (κ3) is 1.67. The highest BCUT2D eigenvalue weighted by atomic mass is 31.0. The molecule has 0 aliphatic carbocycles. The first kappa shape index (κ1) is 7.52. The van der Waals surface area contributed by atoms with Crippen molar-refractivity contribution in [3.8, 4) is 0 Å². The van der Waals surface area contributed by atoms with E-state index in [4.69, 9.17) is 17.7 Å². The first-order valence-electron chi connectivity index (χ1n) is 3.03. The average molecular weight is 144 g/mol. The number of hydrogen-bond acceptors (Lipinski definition) is 2. The maximum Gasteiger partial charge on any atom is 0.109 e. The molecule has 0 saturated carbocycles. The third-order valence-corrected chi connectivity index (χ3v) is 1.95. The fourth-order valence-corrected chi connectivity index (χ4v) is 1.40. The van der Waals surface area contributed by atoms with Gasteiger partial charge in [-0.25, -0.2) is 0 Å². The van der Waals surface area contributed by atoms with Gasteiger partial charge in [0.1, 0.15) is 7.85 Å². The van der Waals surface area contributed by atoms with Gasteiger partial charge in [0.15, 0.2) is 0 Å². The van der Waals surface area contributed by atoms with Gasteiger partial charge < -0.3 is 9.84 Å². The molecule has 1 rings (SSSR count). The molecule has 0 aromatic carbocycles. The van der Waals surface area contributed by atoms with E-state index < -0.39 is 0 Å². The molecule has 0 spiro atoms. The van der Waals surface area contributed by atoms with Crippen molar-refractivity contribution < 1.29 is 9.84 Å². The van der Waals surface area contributed by atoms with Crippen molar-refractivity contribution >= 4 is 17.1 Å². The van der Waals surface area contributed by atoms with E-state index in [1.165, 1.54) is 0 Å². The standard InChI is InChI=1S/C5H10BO2P/c6-5-1-3(7)4(2-9)8-5/h3-5,7H,1-2,9H2/t3-,4-,5?/m1/s1. The normalized spacial score (nSPS) is 43.6. The van der Waals surface area contributed by atoms with Crippen LogP contribution in [0.3, 0.4) is 0 Å². The largest absolute Gasteiger partial charge is 0.390 e. The molecule has 0 aromatic rings. The first-order valence-corrected chi connectivity index (χ1v) is 3.85. The van der Waals surface area contributed by atoms with Crippen LogP contribution in [-0.4, -0.2) is 37.3 Å². The molecular formula is C5H10BO2P. The van der Waals surface area contributed by atoms with Crippen molar-refractivity contribution in [2.75, 3.05) is 6.16 Å². The van der Waals surface area contributed by atoms with Gasteiger partial charge >= 0.3 is 0 Å². The van der Waals surface area contributed by atoms with Crippen LogP contribution in [0.4, 0.5) is 0 Å². The highest BCUT2D eigenvalue weighted by Crippen LogP contribution is 2.19. The zero-order chi connectivity index (χ0) is 6.85. The average Bonchev–Trinajstić information content (AvgIpc) is 2.10. The Morgan fingerprint density at radius 2 is 2.44 bits per heavy atom. The van der Waals surface area contributed by atoms with Crippen LogP contribution in [0.15, 0.2) is 0 Å². The molecule has 0 amide bonds. The first-order chi connectivity index (χ1) is 4.24. The molecule has 4 heteroatoms. The van der Waals surface area contributed by atoms with Crippen LogP contribution >= 0.6 is 9.24 Å². The highest BCUT2D eigenvalue weighted by Gasteiger charge is 2.28. The molecule has 2 radical (unpaired) electrons. The lowest BCUT2D eigenvalue weighted by molar-refractivity contribution is 0.0487. The van der Waals surface area contributed by atoms with E-state index in [9.17, 15) is 0 Å². The van der Waals surface area contributed by atoms with Crippen LogP contribution in [0.25, 0.3) is 0 Å². The van der Waals surface area contributed by atoms with E-state index in [-0.39, 0.29) is 18.2 Å². The lowest BCUT2D eigenvalue weighted by atomic mass is 9.96. The molecule has 1 fully saturated rings. The Morgan fingerprint density at radius 1 is 1.78 bits per heavy atom. The fraction of sp³-hybridized carbons (Fsp3) is 1.00. The van der Waals surface area contributed by atoms with Gasteiger partial charge in [0.25, 0.3) is 0 Å². The quantitative estimate of drug-likeness (QED) is 0.397. The van der Waals surface area contributed by atoms with Crippen molar-refractivity contribution in [3.63, 3.8) is 0 Å². The van der Waals surface area contributed by atoms with Crippen LogP contribution in [0.5, 0.6) is 0 Å². The summed E-state index contributed by atoms with van der Waals surface area (Å²) in [6, 6.07) is -0.259. The number of hydrogen-bond donors (Lipinski definition) is 1. The van der Waals surface area contributed by atoms with Crippen LogP contribution in [0, 0.1) is 0 Å². The van der Waals surface area contributed by atoms with E-state index in [0.29, 0.717) is 6.42 Å². The molecule has 1 aliphatic heterocycles. The van der Waals surface area contributed by atoms with Crippen molar-refractivity contribution in [3.05, 3.63) is 0 Å². The molecule has 1 saturated heterocycles. The summed E-state index contributed by atoms with van der Waals surface area (Å²) in [5, 5.41) is 9.14. The van der Waals surface area contributed by atoms with Crippen molar-refractivity contribution in [2.24, 2.45) is 0 Å². The second kappa shape index (κ2) is 3.00. The molecule has 1 heterocycles. The number of aliphatic hydroxyl groups is 1. The van der Waals surface area contributed by atoms with Crippen molar-refractivity contribution in [1.82, 2.24) is 0 Å². The summed E-state index contributed by atoms with van der Waals surface area (Å²) in [7, 11) is 7.92. The van der Waals surface area contributed by atoms with Gasteiger partial charge in [-0.05, 0) is 12.6 Å². The van der Waals surface area contributed by atoms with Crippen LogP contribution < -0.4 is 0 Å². The minimum absolute atomic E-state index is 0.0648. The Hall–Kier alpha value is 0.415. The van der Waals surface area contributed by atoms with Crippen molar-refractivity contribution in [2.45, 2.75) is 24.6 Å². The predicted octanol–water partition coefficient (Wildman–Crippen LogP) is -0.494. The SMILES string of the molecule is [B]C1C[C@@H](O)[C@@H](CP)O1. The van der Waals surface area contributed by atoms with Gasteiger partial charge in [0.2, 0.25) is 0 Å². The fourth-order valence-electron chi connectivity index (χ4n) is 0.973. The highest BCUT2D eigenvalue weighted by molar-refractivity contribution is 7.16. The summed E-state index contributed by atoms with van der Waals surface area (Å²) < 4.78 is 5.13. The van der Waals surface area contributed by atoms with Crippen LogP contribution in [0.1, 0.15) is 6.42 Å². The maximum absolute atomic E-state index is 9.14. The van der Waals surface area contributed by atoms with E-state index >= 15 is 0 Å². The summed E-state index contributed by atoms with van der Waals surface area (Å²) >= 11 is 0. The summed E-state index contributed by atoms with van der Waals surface area (Å²) in [5.41, 5.74) is 0. The van der Waals surface area contributed by atoms with Gasteiger partial charge in [-0.2, -0.15) is 0 Å². The van der Waals surface area contributed by atoms with E-state index in [1.807, 2.05) is 0 Å². The molecule has 2 unspecified atom stereocenters. The molecule has 1 N–H and O–H groups in total. The maximum atomic E-state index is 9.14. The molecule has 1 aliphatic rings. The lowest BCUT2D eigenvalue weighted by Gasteiger charge is -2.09. The summed E-state index contributed by atoms with van der Waals surface area (Å²) in [6.45, 7) is 0. The predicted molar refractivity (Wildman–Crippen MR) is 39.6 cm³/mol.